The Kier molecular flexibility index (Phi) is 10.6. The van der Waals surface area contributed by atoms with Gasteiger partial charge in [-0.3, -0.25) is 0 Å². The number of halogens is 1. The van der Waals surface area contributed by atoms with Gasteiger partial charge in [0.15, 0.2) is 5.96 Å². The summed E-state index contributed by atoms with van der Waals surface area (Å²) in [5, 5.41) is 11.1. The molecule has 0 spiro atoms. The zero-order valence-corrected chi connectivity index (χ0v) is 17.9. The molecular weight excluding hydrogens is 441 g/mol. The quantitative estimate of drug-likeness (QED) is 0.363. The summed E-state index contributed by atoms with van der Waals surface area (Å²) in [4.78, 5) is 4.69. The molecule has 1 aliphatic heterocycles. The highest BCUT2D eigenvalue weighted by Crippen LogP contribution is 2.34. The Bertz CT molecular complexity index is 443. The summed E-state index contributed by atoms with van der Waals surface area (Å²) in [7, 11) is 0. The Hall–Kier alpha value is 0.01000. The maximum Gasteiger partial charge on any atom is 0.191 e. The van der Waals surface area contributed by atoms with E-state index < -0.39 is 0 Å². The lowest BCUT2D eigenvalue weighted by Gasteiger charge is -2.37. The Morgan fingerprint density at radius 3 is 2.74 bits per heavy atom. The molecule has 2 rings (SSSR count). The molecular formula is C16H28IN3OS2. The molecule has 7 heteroatoms. The summed E-state index contributed by atoms with van der Waals surface area (Å²) in [5.74, 6) is 2.06. The van der Waals surface area contributed by atoms with Crippen molar-refractivity contribution in [1.82, 2.24) is 10.6 Å². The van der Waals surface area contributed by atoms with Crippen LogP contribution in [0.25, 0.3) is 0 Å². The fourth-order valence-electron chi connectivity index (χ4n) is 2.56. The smallest absolute Gasteiger partial charge is 0.191 e. The molecule has 0 atom stereocenters. The number of ether oxygens (including phenoxy) is 1. The molecule has 0 bridgehead atoms. The van der Waals surface area contributed by atoms with Gasteiger partial charge < -0.3 is 15.4 Å². The average Bonchev–Trinajstić information content (AvgIpc) is 3.05. The zero-order chi connectivity index (χ0) is 15.7. The first-order valence-corrected chi connectivity index (χ1v) is 9.96. The highest BCUT2D eigenvalue weighted by molar-refractivity contribution is 14.0. The molecule has 0 amide bonds. The van der Waals surface area contributed by atoms with Crippen LogP contribution in [0.2, 0.25) is 0 Å². The summed E-state index contributed by atoms with van der Waals surface area (Å²) in [5.41, 5.74) is 1.27. The van der Waals surface area contributed by atoms with Crippen molar-refractivity contribution in [3.8, 4) is 0 Å². The number of hydrogen-bond acceptors (Lipinski definition) is 4. The number of aliphatic imine (C=N–C) groups is 1. The molecule has 0 unspecified atom stereocenters. The number of nitrogens with one attached hydrogen (secondary N) is 2. The number of hydrogen-bond donors (Lipinski definition) is 2. The summed E-state index contributed by atoms with van der Waals surface area (Å²) in [6, 6.07) is 2.13. The molecule has 1 aromatic rings. The highest BCUT2D eigenvalue weighted by atomic mass is 127. The van der Waals surface area contributed by atoms with Gasteiger partial charge in [0.1, 0.15) is 0 Å². The van der Waals surface area contributed by atoms with Crippen LogP contribution in [0.5, 0.6) is 0 Å². The van der Waals surface area contributed by atoms with Crippen molar-refractivity contribution in [2.24, 2.45) is 4.99 Å². The van der Waals surface area contributed by atoms with Crippen LogP contribution in [0.4, 0.5) is 0 Å². The Morgan fingerprint density at radius 1 is 1.35 bits per heavy atom. The van der Waals surface area contributed by atoms with Crippen molar-refractivity contribution in [2.75, 3.05) is 32.1 Å². The largest absolute Gasteiger partial charge is 0.381 e. The lowest BCUT2D eigenvalue weighted by molar-refractivity contribution is 0.0782. The predicted molar refractivity (Wildman–Crippen MR) is 113 cm³/mol. The number of thioether (sulfide) groups is 1. The van der Waals surface area contributed by atoms with E-state index in [1.165, 1.54) is 5.56 Å². The summed E-state index contributed by atoms with van der Waals surface area (Å²) in [6.45, 7) is 8.64. The first-order chi connectivity index (χ1) is 10.8. The number of guanidine groups is 1. The molecule has 2 heterocycles. The highest BCUT2D eigenvalue weighted by Gasteiger charge is 2.32. The predicted octanol–water partition coefficient (Wildman–Crippen LogP) is 3.72. The van der Waals surface area contributed by atoms with Gasteiger partial charge in [-0.25, -0.2) is 4.99 Å². The van der Waals surface area contributed by atoms with Crippen LogP contribution in [-0.2, 0) is 11.3 Å². The molecule has 1 aliphatic rings. The van der Waals surface area contributed by atoms with E-state index in [-0.39, 0.29) is 28.7 Å². The minimum Gasteiger partial charge on any atom is -0.381 e. The Balaban J connectivity index is 0.00000264. The SMILES string of the molecule is CCNC(=NCc1ccsc1)NCC1(SCC)CCOCC1.I. The molecule has 1 saturated heterocycles. The second-order valence-corrected chi connectivity index (χ2v) is 7.92. The second kappa shape index (κ2) is 11.5. The Morgan fingerprint density at radius 2 is 2.13 bits per heavy atom. The molecule has 0 aromatic carbocycles. The standard InChI is InChI=1S/C16H27N3OS2.HI/c1-3-17-15(18-11-14-5-10-21-12-14)19-13-16(22-4-2)6-8-20-9-7-16;/h5,10,12H,3-4,6-9,11,13H2,1-2H3,(H2,17,18,19);1H. The third kappa shape index (κ3) is 7.19. The maximum absolute atomic E-state index is 5.54. The monoisotopic (exact) mass is 469 g/mol. The maximum atomic E-state index is 5.54. The molecule has 23 heavy (non-hydrogen) atoms. The lowest BCUT2D eigenvalue weighted by atomic mass is 9.99. The summed E-state index contributed by atoms with van der Waals surface area (Å²) < 4.78 is 5.82. The fraction of sp³-hybridized carbons (Fsp3) is 0.688. The van der Waals surface area contributed by atoms with Crippen molar-refractivity contribution >= 4 is 53.0 Å². The van der Waals surface area contributed by atoms with E-state index >= 15 is 0 Å². The lowest BCUT2D eigenvalue weighted by Crippen LogP contribution is -2.48. The van der Waals surface area contributed by atoms with Gasteiger partial charge in [-0.2, -0.15) is 23.1 Å². The van der Waals surface area contributed by atoms with Gasteiger partial charge in [-0.15, -0.1) is 24.0 Å². The van der Waals surface area contributed by atoms with E-state index in [4.69, 9.17) is 9.73 Å². The molecule has 0 saturated carbocycles. The third-order valence-corrected chi connectivity index (χ3v) is 5.96. The van der Waals surface area contributed by atoms with E-state index in [1.54, 1.807) is 11.3 Å². The molecule has 4 nitrogen and oxygen atoms in total. The van der Waals surface area contributed by atoms with Crippen LogP contribution in [0, 0.1) is 0 Å². The van der Waals surface area contributed by atoms with Gasteiger partial charge in [-0.1, -0.05) is 6.92 Å². The zero-order valence-electron chi connectivity index (χ0n) is 14.0. The molecule has 0 radical (unpaired) electrons. The molecule has 0 aliphatic carbocycles. The number of rotatable bonds is 7. The minimum absolute atomic E-state index is 0. The van der Waals surface area contributed by atoms with Gasteiger partial charge >= 0.3 is 0 Å². The van der Waals surface area contributed by atoms with Gasteiger partial charge in [-0.05, 0) is 47.9 Å². The van der Waals surface area contributed by atoms with Gasteiger partial charge in [0.25, 0.3) is 0 Å². The first-order valence-electron chi connectivity index (χ1n) is 8.03. The van der Waals surface area contributed by atoms with E-state index in [0.29, 0.717) is 0 Å². The third-order valence-electron chi connectivity index (χ3n) is 3.78. The van der Waals surface area contributed by atoms with Gasteiger partial charge in [0.2, 0.25) is 0 Å². The second-order valence-electron chi connectivity index (χ2n) is 5.41. The topological polar surface area (TPSA) is 45.7 Å². The van der Waals surface area contributed by atoms with E-state index in [1.807, 2.05) is 0 Å². The van der Waals surface area contributed by atoms with Crippen LogP contribution in [0.3, 0.4) is 0 Å². The van der Waals surface area contributed by atoms with Crippen LogP contribution >= 0.6 is 47.1 Å². The van der Waals surface area contributed by atoms with Crippen LogP contribution < -0.4 is 10.6 Å². The number of nitrogens with zero attached hydrogens (tertiary/aromatic N) is 1. The van der Waals surface area contributed by atoms with E-state index in [0.717, 1.165) is 57.4 Å². The number of thiophene rings is 1. The van der Waals surface area contributed by atoms with Crippen molar-refractivity contribution in [3.05, 3.63) is 22.4 Å². The molecule has 132 valence electrons. The molecule has 2 N–H and O–H groups in total. The van der Waals surface area contributed by atoms with Gasteiger partial charge in [0.05, 0.1) is 6.54 Å². The van der Waals surface area contributed by atoms with Crippen molar-refractivity contribution in [3.63, 3.8) is 0 Å². The van der Waals surface area contributed by atoms with Crippen LogP contribution in [-0.4, -0.2) is 42.8 Å². The minimum atomic E-state index is 0. The van der Waals surface area contributed by atoms with Crippen molar-refractivity contribution in [1.29, 1.82) is 0 Å². The van der Waals surface area contributed by atoms with Crippen molar-refractivity contribution < 1.29 is 4.74 Å². The first kappa shape index (κ1) is 21.1. The van der Waals surface area contributed by atoms with E-state index in [2.05, 4.69) is 53.1 Å². The Labute approximate surface area is 165 Å². The molecule has 1 aromatic heterocycles. The summed E-state index contributed by atoms with van der Waals surface area (Å²) in [6.07, 6.45) is 2.23. The van der Waals surface area contributed by atoms with Gasteiger partial charge in [0, 0.05) is 31.1 Å². The average molecular weight is 469 g/mol. The van der Waals surface area contributed by atoms with E-state index in [9.17, 15) is 0 Å². The molecule has 1 fully saturated rings. The fourth-order valence-corrected chi connectivity index (χ4v) is 4.46. The summed E-state index contributed by atoms with van der Waals surface area (Å²) >= 11 is 3.77. The van der Waals surface area contributed by atoms with Crippen LogP contribution in [0.15, 0.2) is 21.8 Å². The van der Waals surface area contributed by atoms with Crippen LogP contribution in [0.1, 0.15) is 32.3 Å². The normalized spacial score (nSPS) is 17.4. The van der Waals surface area contributed by atoms with Crippen molar-refractivity contribution in [2.45, 2.75) is 38.0 Å².